The van der Waals surface area contributed by atoms with E-state index < -0.39 is 16.5 Å². The number of carbonyl (C=O) groups is 1. The second-order valence-electron chi connectivity index (χ2n) is 8.90. The van der Waals surface area contributed by atoms with Crippen LogP contribution in [0.2, 0.25) is 0 Å². The lowest BCUT2D eigenvalue weighted by Gasteiger charge is -2.57. The van der Waals surface area contributed by atoms with Crippen LogP contribution in [0.5, 0.6) is 0 Å². The molecule has 142 valence electrons. The molecule has 0 bridgehead atoms. The van der Waals surface area contributed by atoms with Crippen LogP contribution in [0.25, 0.3) is 0 Å². The van der Waals surface area contributed by atoms with E-state index in [0.29, 0.717) is 24.2 Å². The average Bonchev–Trinajstić information content (AvgIpc) is 2.85. The highest BCUT2D eigenvalue weighted by Crippen LogP contribution is 2.65. The first-order chi connectivity index (χ1) is 12.0. The molecule has 0 radical (unpaired) electrons. The van der Waals surface area contributed by atoms with Crippen LogP contribution < -0.4 is 0 Å². The molecule has 5 nitrogen and oxygen atoms in total. The lowest BCUT2D eigenvalue weighted by molar-refractivity contribution is -0.111. The molecule has 26 heavy (non-hydrogen) atoms. The molecule has 0 aliphatic heterocycles. The Labute approximate surface area is 155 Å². The molecule has 0 amide bonds. The summed E-state index contributed by atoms with van der Waals surface area (Å²) in [5.74, 6) is 1.15. The van der Waals surface area contributed by atoms with E-state index in [2.05, 4.69) is 26.5 Å². The molecule has 4 aliphatic carbocycles. The molecule has 0 aromatic carbocycles. The fraction of sp³-hybridized carbons (Fsp3) is 0.650. The van der Waals surface area contributed by atoms with Crippen LogP contribution in [0.4, 0.5) is 0 Å². The number of carbonyl (C=O) groups excluding carboxylic acids is 1. The maximum absolute atomic E-state index is 11.9. The van der Waals surface area contributed by atoms with E-state index in [1.807, 2.05) is 0 Å². The van der Waals surface area contributed by atoms with Crippen molar-refractivity contribution in [1.29, 1.82) is 0 Å². The van der Waals surface area contributed by atoms with Gasteiger partial charge in [0, 0.05) is 5.41 Å². The van der Waals surface area contributed by atoms with Crippen molar-refractivity contribution in [1.82, 2.24) is 0 Å². The van der Waals surface area contributed by atoms with Crippen LogP contribution in [-0.2, 0) is 19.4 Å². The molecular weight excluding hydrogens is 352 g/mol. The molecule has 4 aliphatic rings. The summed E-state index contributed by atoms with van der Waals surface area (Å²) in [7, 11) is -4.45. The van der Waals surface area contributed by atoms with Gasteiger partial charge in [0.1, 0.15) is 0 Å². The van der Waals surface area contributed by atoms with Gasteiger partial charge in [-0.1, -0.05) is 32.1 Å². The molecular formula is C20H26O5S. The second-order valence-corrected chi connectivity index (χ2v) is 9.94. The molecule has 0 unspecified atom stereocenters. The zero-order valence-electron chi connectivity index (χ0n) is 15.3. The number of hydrogen-bond donors (Lipinski definition) is 1. The molecule has 0 aromatic rings. The highest BCUT2D eigenvalue weighted by molar-refractivity contribution is 7.80. The molecule has 3 fully saturated rings. The van der Waals surface area contributed by atoms with Gasteiger partial charge in [0.25, 0.3) is 0 Å². The van der Waals surface area contributed by atoms with Crippen molar-refractivity contribution in [3.8, 4) is 0 Å². The van der Waals surface area contributed by atoms with E-state index in [1.165, 1.54) is 0 Å². The SMILES string of the molecule is C=C1C[C@H]2[C@@H]3CC[C@H](OS(=O)(=O)O)[C@@]3(C)CC[C@@H]2[C@@]2(C)C=CC(=O)C=C12. The molecule has 4 rings (SSSR count). The van der Waals surface area contributed by atoms with Crippen LogP contribution in [0.3, 0.4) is 0 Å². The van der Waals surface area contributed by atoms with Gasteiger partial charge in [-0.3, -0.25) is 9.35 Å². The molecule has 0 saturated heterocycles. The van der Waals surface area contributed by atoms with Gasteiger partial charge in [-0.15, -0.1) is 0 Å². The molecule has 0 aromatic heterocycles. The second kappa shape index (κ2) is 5.63. The summed E-state index contributed by atoms with van der Waals surface area (Å²) in [5.41, 5.74) is 1.65. The van der Waals surface area contributed by atoms with Crippen molar-refractivity contribution >= 4 is 16.2 Å². The zero-order chi connectivity index (χ0) is 18.9. The van der Waals surface area contributed by atoms with Crippen LogP contribution >= 0.6 is 0 Å². The predicted octanol–water partition coefficient (Wildman–Crippen LogP) is 3.65. The van der Waals surface area contributed by atoms with Crippen molar-refractivity contribution in [3.63, 3.8) is 0 Å². The Morgan fingerprint density at radius 1 is 1.23 bits per heavy atom. The summed E-state index contributed by atoms with van der Waals surface area (Å²) in [6, 6.07) is 0. The summed E-state index contributed by atoms with van der Waals surface area (Å²) in [4.78, 5) is 11.9. The smallest absolute Gasteiger partial charge is 0.290 e. The van der Waals surface area contributed by atoms with Gasteiger partial charge in [-0.25, -0.2) is 4.18 Å². The van der Waals surface area contributed by atoms with Crippen LogP contribution in [-0.4, -0.2) is 24.9 Å². The highest BCUT2D eigenvalue weighted by Gasteiger charge is 2.60. The first kappa shape index (κ1) is 18.1. The number of ketones is 1. The predicted molar refractivity (Wildman–Crippen MR) is 97.6 cm³/mol. The number of fused-ring (bicyclic) bond motifs is 5. The fourth-order valence-electron chi connectivity index (χ4n) is 6.47. The molecule has 1 N–H and O–H groups in total. The van der Waals surface area contributed by atoms with Crippen molar-refractivity contribution < 1.29 is 21.9 Å². The Morgan fingerprint density at radius 2 is 1.96 bits per heavy atom. The van der Waals surface area contributed by atoms with E-state index in [4.69, 9.17) is 8.74 Å². The Balaban J connectivity index is 1.68. The van der Waals surface area contributed by atoms with Crippen molar-refractivity contribution in [3.05, 3.63) is 36.0 Å². The highest BCUT2D eigenvalue weighted by atomic mass is 32.3. The van der Waals surface area contributed by atoms with Crippen molar-refractivity contribution in [2.45, 2.75) is 52.1 Å². The third-order valence-electron chi connectivity index (χ3n) is 7.68. The first-order valence-corrected chi connectivity index (χ1v) is 10.7. The Bertz CT molecular complexity index is 838. The monoisotopic (exact) mass is 378 g/mol. The van der Waals surface area contributed by atoms with Gasteiger partial charge in [0.2, 0.25) is 0 Å². The Morgan fingerprint density at radius 3 is 2.65 bits per heavy atom. The zero-order valence-corrected chi connectivity index (χ0v) is 16.1. The van der Waals surface area contributed by atoms with E-state index in [1.54, 1.807) is 12.2 Å². The Kier molecular flexibility index (Phi) is 3.93. The summed E-state index contributed by atoms with van der Waals surface area (Å²) < 4.78 is 36.8. The van der Waals surface area contributed by atoms with Crippen LogP contribution in [0.1, 0.15) is 46.0 Å². The van der Waals surface area contributed by atoms with Gasteiger partial charge in [-0.2, -0.15) is 8.42 Å². The molecule has 3 saturated carbocycles. The molecule has 6 atom stereocenters. The average molecular weight is 378 g/mol. The van der Waals surface area contributed by atoms with Crippen molar-refractivity contribution in [2.24, 2.45) is 28.6 Å². The summed E-state index contributed by atoms with van der Waals surface area (Å²) in [6.45, 7) is 8.57. The lowest BCUT2D eigenvalue weighted by Crippen LogP contribution is -2.51. The topological polar surface area (TPSA) is 80.7 Å². The standard InChI is InChI=1S/C20H26O5S/c1-12-10-14-15-4-5-18(25-26(22,23)24)20(15,3)9-7-16(14)19(2)8-6-13(21)11-17(12)19/h6,8,11,14-16,18H,1,4-5,7,9-10H2,2-3H3,(H,22,23,24)/t14-,15-,16-,18-,19+,20-/m0/s1. The maximum atomic E-state index is 11.9. The lowest BCUT2D eigenvalue weighted by atomic mass is 9.47. The largest absolute Gasteiger partial charge is 0.397 e. The third-order valence-corrected chi connectivity index (χ3v) is 8.16. The minimum absolute atomic E-state index is 0.0280. The van der Waals surface area contributed by atoms with E-state index >= 15 is 0 Å². The third kappa shape index (κ3) is 2.57. The van der Waals surface area contributed by atoms with Gasteiger partial charge in [0.05, 0.1) is 6.10 Å². The Hall–Kier alpha value is -1.24. The van der Waals surface area contributed by atoms with Crippen molar-refractivity contribution in [2.75, 3.05) is 0 Å². The summed E-state index contributed by atoms with van der Waals surface area (Å²) >= 11 is 0. The van der Waals surface area contributed by atoms with Crippen LogP contribution in [0, 0.1) is 28.6 Å². The van der Waals surface area contributed by atoms with Gasteiger partial charge < -0.3 is 0 Å². The first-order valence-electron chi connectivity index (χ1n) is 9.34. The van der Waals surface area contributed by atoms with E-state index in [0.717, 1.165) is 36.8 Å². The van der Waals surface area contributed by atoms with Gasteiger partial charge >= 0.3 is 10.4 Å². The molecule has 0 spiro atoms. The quantitative estimate of drug-likeness (QED) is 0.742. The number of hydrogen-bond acceptors (Lipinski definition) is 4. The van der Waals surface area contributed by atoms with Gasteiger partial charge in [0.15, 0.2) is 5.78 Å². The summed E-state index contributed by atoms with van der Waals surface area (Å²) in [6.07, 6.45) is 9.18. The summed E-state index contributed by atoms with van der Waals surface area (Å²) in [5, 5.41) is 0. The van der Waals surface area contributed by atoms with Crippen LogP contribution in [0.15, 0.2) is 36.0 Å². The van der Waals surface area contributed by atoms with Gasteiger partial charge in [-0.05, 0) is 73.0 Å². The number of rotatable bonds is 2. The molecule has 6 heteroatoms. The minimum atomic E-state index is -4.45. The fourth-order valence-corrected chi connectivity index (χ4v) is 7.07. The van der Waals surface area contributed by atoms with E-state index in [9.17, 15) is 13.2 Å². The minimum Gasteiger partial charge on any atom is -0.290 e. The normalized spacial score (nSPS) is 45.0. The number of allylic oxidation sites excluding steroid dienone is 5. The van der Waals surface area contributed by atoms with E-state index in [-0.39, 0.29) is 16.6 Å². The maximum Gasteiger partial charge on any atom is 0.397 e. The molecule has 0 heterocycles.